The lowest BCUT2D eigenvalue weighted by molar-refractivity contribution is 0.0892. The monoisotopic (exact) mass is 404 g/mol. The molecular formula is C22H28O7. The van der Waals surface area contributed by atoms with Gasteiger partial charge in [0.15, 0.2) is 28.8 Å². The number of methoxy groups -OCH3 is 4. The third-order valence-electron chi connectivity index (χ3n) is 5.13. The Hall–Kier alpha value is -3.09. The first-order valence-corrected chi connectivity index (χ1v) is 9.20. The fourth-order valence-corrected chi connectivity index (χ4v) is 3.17. The van der Waals surface area contributed by atoms with Gasteiger partial charge in [-0.2, -0.15) is 0 Å². The Bertz CT molecular complexity index is 825. The fraction of sp³-hybridized carbons (Fsp3) is 0.409. The number of hydrogen-bond acceptors (Lipinski definition) is 7. The molecule has 29 heavy (non-hydrogen) atoms. The summed E-state index contributed by atoms with van der Waals surface area (Å²) >= 11 is 0. The summed E-state index contributed by atoms with van der Waals surface area (Å²) in [6, 6.07) is 6.49. The zero-order valence-corrected chi connectivity index (χ0v) is 17.6. The number of carbonyl (C=O) groups excluding carboxylic acids is 1. The van der Waals surface area contributed by atoms with E-state index in [4.69, 9.17) is 18.9 Å². The van der Waals surface area contributed by atoms with E-state index in [9.17, 15) is 15.0 Å². The van der Waals surface area contributed by atoms with Crippen LogP contribution in [0.15, 0.2) is 24.3 Å². The van der Waals surface area contributed by atoms with Crippen LogP contribution in [0, 0.1) is 11.8 Å². The smallest absolute Gasteiger partial charge is 0.200 e. The van der Waals surface area contributed by atoms with E-state index in [-0.39, 0.29) is 40.6 Å². The van der Waals surface area contributed by atoms with Crippen LogP contribution in [0.2, 0.25) is 0 Å². The van der Waals surface area contributed by atoms with Gasteiger partial charge in [0.25, 0.3) is 0 Å². The van der Waals surface area contributed by atoms with E-state index in [0.717, 1.165) is 5.56 Å². The molecule has 0 unspecified atom stereocenters. The number of aromatic hydroxyl groups is 2. The minimum absolute atomic E-state index is 0.0211. The fourth-order valence-electron chi connectivity index (χ4n) is 3.17. The predicted molar refractivity (Wildman–Crippen MR) is 109 cm³/mol. The van der Waals surface area contributed by atoms with Crippen LogP contribution in [0.4, 0.5) is 0 Å². The van der Waals surface area contributed by atoms with Crippen LogP contribution in [-0.4, -0.2) is 44.4 Å². The highest BCUT2D eigenvalue weighted by molar-refractivity contribution is 5.99. The van der Waals surface area contributed by atoms with Crippen molar-refractivity contribution in [2.24, 2.45) is 11.8 Å². The molecule has 0 fully saturated rings. The summed E-state index contributed by atoms with van der Waals surface area (Å²) in [5.74, 6) is 0.367. The second-order valence-electron chi connectivity index (χ2n) is 6.91. The van der Waals surface area contributed by atoms with Crippen LogP contribution in [0.5, 0.6) is 34.5 Å². The number of phenols is 2. The molecular weight excluding hydrogens is 376 g/mol. The lowest BCUT2D eigenvalue weighted by atomic mass is 9.84. The number of ether oxygens (including phenoxy) is 4. The molecule has 0 bridgehead atoms. The lowest BCUT2D eigenvalue weighted by Gasteiger charge is -2.21. The Labute approximate surface area is 170 Å². The Morgan fingerprint density at radius 3 is 1.55 bits per heavy atom. The summed E-state index contributed by atoms with van der Waals surface area (Å²) in [6.07, 6.45) is 0.576. The van der Waals surface area contributed by atoms with Crippen molar-refractivity contribution < 1.29 is 34.0 Å². The Kier molecular flexibility index (Phi) is 7.20. The van der Waals surface area contributed by atoms with Crippen molar-refractivity contribution in [3.05, 3.63) is 35.4 Å². The zero-order valence-electron chi connectivity index (χ0n) is 17.6. The highest BCUT2D eigenvalue weighted by Gasteiger charge is 2.25. The highest BCUT2D eigenvalue weighted by Crippen LogP contribution is 2.39. The summed E-state index contributed by atoms with van der Waals surface area (Å²) in [5, 5.41) is 20.1. The molecule has 0 aliphatic heterocycles. The molecule has 0 aliphatic rings. The molecule has 0 aliphatic carbocycles. The number of rotatable bonds is 9. The summed E-state index contributed by atoms with van der Waals surface area (Å²) in [7, 11) is 5.78. The van der Waals surface area contributed by atoms with Crippen LogP contribution in [-0.2, 0) is 6.42 Å². The van der Waals surface area contributed by atoms with Gasteiger partial charge in [-0.15, -0.1) is 0 Å². The van der Waals surface area contributed by atoms with Gasteiger partial charge in [-0.3, -0.25) is 4.79 Å². The standard InChI is InChI=1S/C22H28O7/c1-12(7-14-8-16(26-3)21(24)17(9-14)27-4)13(2)20(23)15-10-18(28-5)22(25)19(11-15)29-6/h8-13,24-25H,7H2,1-6H3/t12-,13-/m1/s1. The predicted octanol–water partition coefficient (Wildman–Crippen LogP) is 3.83. The third-order valence-corrected chi connectivity index (χ3v) is 5.13. The largest absolute Gasteiger partial charge is 0.502 e. The van der Waals surface area contributed by atoms with Gasteiger partial charge in [-0.05, 0) is 42.2 Å². The number of ketones is 1. The van der Waals surface area contributed by atoms with Gasteiger partial charge in [-0.1, -0.05) is 13.8 Å². The van der Waals surface area contributed by atoms with Crippen LogP contribution in [0.1, 0.15) is 29.8 Å². The normalized spacial score (nSPS) is 12.8. The molecule has 0 heterocycles. The van der Waals surface area contributed by atoms with Crippen molar-refractivity contribution in [2.45, 2.75) is 20.3 Å². The molecule has 2 atom stereocenters. The van der Waals surface area contributed by atoms with Crippen molar-refractivity contribution in [2.75, 3.05) is 28.4 Å². The minimum Gasteiger partial charge on any atom is -0.502 e. The SMILES string of the molecule is COc1cc(C[C@@H](C)[C@@H](C)C(=O)c2cc(OC)c(O)c(OC)c2)cc(OC)c1O. The first kappa shape index (κ1) is 22.2. The molecule has 2 rings (SSSR count). The summed E-state index contributed by atoms with van der Waals surface area (Å²) in [5.41, 5.74) is 1.28. The molecule has 7 heteroatoms. The maximum Gasteiger partial charge on any atom is 0.200 e. The molecule has 0 amide bonds. The molecule has 0 radical (unpaired) electrons. The molecule has 7 nitrogen and oxygen atoms in total. The van der Waals surface area contributed by atoms with E-state index in [0.29, 0.717) is 23.5 Å². The number of phenolic OH excluding ortho intramolecular Hbond substituents is 2. The quantitative estimate of drug-likeness (QED) is 0.613. The van der Waals surface area contributed by atoms with Crippen LogP contribution in [0.25, 0.3) is 0 Å². The van der Waals surface area contributed by atoms with Gasteiger partial charge >= 0.3 is 0 Å². The van der Waals surface area contributed by atoms with E-state index in [1.165, 1.54) is 40.6 Å². The molecule has 158 valence electrons. The highest BCUT2D eigenvalue weighted by atomic mass is 16.5. The molecule has 0 saturated heterocycles. The van der Waals surface area contributed by atoms with Crippen molar-refractivity contribution in [3.8, 4) is 34.5 Å². The second kappa shape index (κ2) is 9.41. The number of carbonyl (C=O) groups is 1. The summed E-state index contributed by atoms with van der Waals surface area (Å²) in [6.45, 7) is 3.83. The minimum atomic E-state index is -0.320. The van der Waals surface area contributed by atoms with Crippen LogP contribution >= 0.6 is 0 Å². The van der Waals surface area contributed by atoms with Gasteiger partial charge in [0.05, 0.1) is 28.4 Å². The van der Waals surface area contributed by atoms with Crippen molar-refractivity contribution in [3.63, 3.8) is 0 Å². The zero-order chi connectivity index (χ0) is 21.7. The Morgan fingerprint density at radius 2 is 1.17 bits per heavy atom. The van der Waals surface area contributed by atoms with Gasteiger partial charge in [0.2, 0.25) is 11.5 Å². The lowest BCUT2D eigenvalue weighted by Crippen LogP contribution is -2.21. The van der Waals surface area contributed by atoms with Crippen molar-refractivity contribution >= 4 is 5.78 Å². The van der Waals surface area contributed by atoms with Crippen LogP contribution in [0.3, 0.4) is 0 Å². The average Bonchev–Trinajstić information content (AvgIpc) is 2.73. The molecule has 2 aromatic carbocycles. The first-order valence-electron chi connectivity index (χ1n) is 9.20. The Balaban J connectivity index is 2.26. The first-order chi connectivity index (χ1) is 13.8. The summed E-state index contributed by atoms with van der Waals surface area (Å²) in [4.78, 5) is 13.0. The van der Waals surface area contributed by atoms with E-state index >= 15 is 0 Å². The average molecular weight is 404 g/mol. The second-order valence-corrected chi connectivity index (χ2v) is 6.91. The van der Waals surface area contributed by atoms with Gasteiger partial charge in [0, 0.05) is 11.5 Å². The van der Waals surface area contributed by atoms with Crippen molar-refractivity contribution in [1.82, 2.24) is 0 Å². The topological polar surface area (TPSA) is 94.5 Å². The third kappa shape index (κ3) is 4.67. The van der Waals surface area contributed by atoms with Gasteiger partial charge in [0.1, 0.15) is 0 Å². The number of Topliss-reactive ketones (excluding diaryl/α,β-unsaturated/α-hetero) is 1. The molecule has 2 aromatic rings. The molecule has 0 aromatic heterocycles. The molecule has 2 N–H and O–H groups in total. The maximum atomic E-state index is 13.0. The summed E-state index contributed by atoms with van der Waals surface area (Å²) < 4.78 is 20.7. The Morgan fingerprint density at radius 1 is 0.793 bits per heavy atom. The molecule has 0 saturated carbocycles. The van der Waals surface area contributed by atoms with E-state index in [2.05, 4.69) is 0 Å². The van der Waals surface area contributed by atoms with E-state index in [1.54, 1.807) is 12.1 Å². The number of benzene rings is 2. The maximum absolute atomic E-state index is 13.0. The van der Waals surface area contributed by atoms with Crippen LogP contribution < -0.4 is 18.9 Å². The van der Waals surface area contributed by atoms with E-state index < -0.39 is 0 Å². The van der Waals surface area contributed by atoms with E-state index in [1.807, 2.05) is 13.8 Å². The number of hydrogen-bond donors (Lipinski definition) is 2. The van der Waals surface area contributed by atoms with Gasteiger partial charge in [-0.25, -0.2) is 0 Å². The van der Waals surface area contributed by atoms with Gasteiger partial charge < -0.3 is 29.2 Å². The molecule has 0 spiro atoms. The van der Waals surface area contributed by atoms with Crippen molar-refractivity contribution in [1.29, 1.82) is 0 Å².